The van der Waals surface area contributed by atoms with Gasteiger partial charge in [-0.05, 0) is 46.2 Å². The Morgan fingerprint density at radius 2 is 2.00 bits per heavy atom. The van der Waals surface area contributed by atoms with Gasteiger partial charge in [-0.15, -0.1) is 0 Å². The van der Waals surface area contributed by atoms with Crippen molar-refractivity contribution in [2.45, 2.75) is 31.4 Å². The predicted molar refractivity (Wildman–Crippen MR) is 59.1 cm³/mol. The van der Waals surface area contributed by atoms with Gasteiger partial charge >= 0.3 is 0 Å². The van der Waals surface area contributed by atoms with Gasteiger partial charge in [-0.2, -0.15) is 0 Å². The van der Waals surface area contributed by atoms with Crippen LogP contribution in [0, 0.1) is 5.92 Å². The zero-order valence-electron chi connectivity index (χ0n) is 8.96. The normalized spacial score (nSPS) is 26.4. The largest absolute Gasteiger partial charge is 0.306 e. The van der Waals surface area contributed by atoms with Crippen LogP contribution >= 0.6 is 10.7 Å². The monoisotopic (exact) mass is 239 g/mol. The van der Waals surface area contributed by atoms with E-state index in [-0.39, 0.29) is 5.92 Å². The molecule has 0 amide bonds. The molecule has 0 aromatic carbocycles. The van der Waals surface area contributed by atoms with Crippen molar-refractivity contribution in [2.75, 3.05) is 20.1 Å². The van der Waals surface area contributed by atoms with Crippen LogP contribution in [0.4, 0.5) is 0 Å². The van der Waals surface area contributed by atoms with Gasteiger partial charge in [0, 0.05) is 17.2 Å². The van der Waals surface area contributed by atoms with Crippen molar-refractivity contribution in [3.63, 3.8) is 0 Å². The summed E-state index contributed by atoms with van der Waals surface area (Å²) in [4.78, 5) is 2.16. The molecular weight excluding hydrogens is 222 g/mol. The minimum absolute atomic E-state index is 0.142. The Morgan fingerprint density at radius 3 is 2.43 bits per heavy atom. The molecule has 14 heavy (non-hydrogen) atoms. The molecule has 0 N–H and O–H groups in total. The Kier molecular flexibility index (Phi) is 3.49. The summed E-state index contributed by atoms with van der Waals surface area (Å²) in [5.41, 5.74) is 0. The maximum absolute atomic E-state index is 11.4. The Balaban J connectivity index is 2.82. The zero-order valence-corrected chi connectivity index (χ0v) is 10.5. The van der Waals surface area contributed by atoms with Crippen molar-refractivity contribution >= 4 is 19.7 Å². The molecule has 1 unspecified atom stereocenters. The van der Waals surface area contributed by atoms with E-state index >= 15 is 0 Å². The van der Waals surface area contributed by atoms with Crippen molar-refractivity contribution in [2.24, 2.45) is 5.92 Å². The summed E-state index contributed by atoms with van der Waals surface area (Å²) in [6, 6.07) is 0. The summed E-state index contributed by atoms with van der Waals surface area (Å²) in [7, 11) is 4.00. The molecule has 1 atom stereocenters. The third-order valence-electron chi connectivity index (χ3n) is 3.24. The van der Waals surface area contributed by atoms with E-state index in [0.717, 1.165) is 25.9 Å². The summed E-state index contributed by atoms with van der Waals surface area (Å²) >= 11 is 0. The number of hydrogen-bond donors (Lipinski definition) is 0. The third kappa shape index (κ3) is 2.41. The van der Waals surface area contributed by atoms with Gasteiger partial charge in [0.05, 0.1) is 4.75 Å². The molecule has 1 aliphatic heterocycles. The van der Waals surface area contributed by atoms with E-state index in [1.807, 2.05) is 7.05 Å². The van der Waals surface area contributed by atoms with Crippen LogP contribution in [0.3, 0.4) is 0 Å². The fraction of sp³-hybridized carbons (Fsp3) is 1.00. The lowest BCUT2D eigenvalue weighted by molar-refractivity contribution is 0.183. The lowest BCUT2D eigenvalue weighted by Gasteiger charge is -2.38. The lowest BCUT2D eigenvalue weighted by atomic mass is 9.87. The van der Waals surface area contributed by atoms with Gasteiger partial charge in [0.2, 0.25) is 9.05 Å². The molecule has 0 aromatic heterocycles. The summed E-state index contributed by atoms with van der Waals surface area (Å²) in [5.74, 6) is 0.142. The molecule has 0 aromatic rings. The Hall–Kier alpha value is 0.200. The van der Waals surface area contributed by atoms with Gasteiger partial charge in [0.25, 0.3) is 0 Å². The van der Waals surface area contributed by atoms with Crippen LogP contribution in [0.5, 0.6) is 0 Å². The first-order valence-electron chi connectivity index (χ1n) is 4.88. The smallest absolute Gasteiger partial charge is 0.238 e. The second-order valence-corrected chi connectivity index (χ2v) is 7.79. The van der Waals surface area contributed by atoms with Gasteiger partial charge in [0.15, 0.2) is 0 Å². The lowest BCUT2D eigenvalue weighted by Crippen LogP contribution is -2.46. The maximum Gasteiger partial charge on any atom is 0.238 e. The first kappa shape index (κ1) is 12.3. The number of likely N-dealkylation sites (tertiary alicyclic amines) is 1. The van der Waals surface area contributed by atoms with Gasteiger partial charge in [-0.25, -0.2) is 8.42 Å². The van der Waals surface area contributed by atoms with Crippen LogP contribution in [0.25, 0.3) is 0 Å². The fourth-order valence-corrected chi connectivity index (χ4v) is 2.90. The van der Waals surface area contributed by atoms with Gasteiger partial charge in [-0.1, -0.05) is 0 Å². The van der Waals surface area contributed by atoms with Crippen molar-refractivity contribution in [3.05, 3.63) is 0 Å². The average Bonchev–Trinajstić information content (AvgIpc) is 2.02. The summed E-state index contributed by atoms with van der Waals surface area (Å²) < 4.78 is 22.0. The van der Waals surface area contributed by atoms with E-state index in [0.29, 0.717) is 0 Å². The van der Waals surface area contributed by atoms with E-state index in [1.165, 1.54) is 0 Å². The molecule has 0 saturated carbocycles. The number of hydrogen-bond acceptors (Lipinski definition) is 3. The molecule has 1 heterocycles. The van der Waals surface area contributed by atoms with Gasteiger partial charge in [-0.3, -0.25) is 0 Å². The first-order chi connectivity index (χ1) is 6.25. The van der Waals surface area contributed by atoms with Gasteiger partial charge < -0.3 is 4.90 Å². The third-order valence-corrected chi connectivity index (χ3v) is 6.02. The first-order valence-corrected chi connectivity index (χ1v) is 7.19. The quantitative estimate of drug-likeness (QED) is 0.688. The summed E-state index contributed by atoms with van der Waals surface area (Å²) in [6.07, 6.45) is 2.00. The van der Waals surface area contributed by atoms with E-state index < -0.39 is 13.8 Å². The fourth-order valence-electron chi connectivity index (χ4n) is 1.93. The molecular formula is C9H18ClNO2S. The predicted octanol–water partition coefficient (Wildman–Crippen LogP) is 1.68. The van der Waals surface area contributed by atoms with Crippen LogP contribution in [-0.4, -0.2) is 38.2 Å². The Morgan fingerprint density at radius 1 is 1.43 bits per heavy atom. The van der Waals surface area contributed by atoms with Crippen molar-refractivity contribution in [1.29, 1.82) is 0 Å². The number of nitrogens with zero attached hydrogens (tertiary/aromatic N) is 1. The second kappa shape index (κ2) is 3.99. The highest BCUT2D eigenvalue weighted by molar-refractivity contribution is 8.14. The molecule has 0 radical (unpaired) electrons. The Labute approximate surface area is 90.8 Å². The minimum atomic E-state index is -3.48. The highest BCUT2D eigenvalue weighted by atomic mass is 35.7. The van der Waals surface area contributed by atoms with Crippen LogP contribution in [0.2, 0.25) is 0 Å². The van der Waals surface area contributed by atoms with Crippen molar-refractivity contribution in [1.82, 2.24) is 4.90 Å². The molecule has 84 valence electrons. The minimum Gasteiger partial charge on any atom is -0.306 e. The Bertz CT molecular complexity index is 300. The van der Waals surface area contributed by atoms with E-state index in [4.69, 9.17) is 10.7 Å². The van der Waals surface area contributed by atoms with E-state index in [2.05, 4.69) is 4.90 Å². The molecule has 1 rings (SSSR count). The molecule has 1 fully saturated rings. The molecule has 1 aliphatic rings. The maximum atomic E-state index is 11.4. The number of halogens is 1. The highest BCUT2D eigenvalue weighted by Crippen LogP contribution is 2.34. The summed E-state index contributed by atoms with van der Waals surface area (Å²) in [5, 5.41) is 0. The van der Waals surface area contributed by atoms with Crippen molar-refractivity contribution in [3.8, 4) is 0 Å². The zero-order chi connectivity index (χ0) is 11.0. The van der Waals surface area contributed by atoms with Crippen LogP contribution in [-0.2, 0) is 9.05 Å². The van der Waals surface area contributed by atoms with Crippen LogP contribution in [0.1, 0.15) is 26.7 Å². The van der Waals surface area contributed by atoms with Gasteiger partial charge in [0.1, 0.15) is 0 Å². The van der Waals surface area contributed by atoms with Crippen molar-refractivity contribution < 1.29 is 8.42 Å². The average molecular weight is 240 g/mol. The van der Waals surface area contributed by atoms with E-state index in [1.54, 1.807) is 13.8 Å². The summed E-state index contributed by atoms with van der Waals surface area (Å²) in [6.45, 7) is 5.31. The highest BCUT2D eigenvalue weighted by Gasteiger charge is 2.41. The molecule has 0 spiro atoms. The molecule has 3 nitrogen and oxygen atoms in total. The standard InChI is InChI=1S/C9H18ClNO2S/c1-9(2,14(10,12)13)8-5-4-6-11(3)7-8/h8H,4-7H2,1-3H3. The SMILES string of the molecule is CN1CCCC(C(C)(C)S(=O)(=O)Cl)C1. The van der Waals surface area contributed by atoms with E-state index in [9.17, 15) is 8.42 Å². The van der Waals surface area contributed by atoms with Crippen LogP contribution < -0.4 is 0 Å². The number of piperidine rings is 1. The van der Waals surface area contributed by atoms with Crippen LogP contribution in [0.15, 0.2) is 0 Å². The molecule has 0 bridgehead atoms. The topological polar surface area (TPSA) is 37.4 Å². The molecule has 1 saturated heterocycles. The number of rotatable bonds is 2. The molecule has 5 heteroatoms. The molecule has 0 aliphatic carbocycles. The second-order valence-electron chi connectivity index (χ2n) is 4.64.